The molecule has 6 nitrogen and oxygen atoms in total. The number of β-amino-alcohol motifs (C(OH)–C–C–N with tert-alkyl or cyclic N) is 1. The third kappa shape index (κ3) is 3.42. The van der Waals surface area contributed by atoms with Crippen molar-refractivity contribution in [1.29, 1.82) is 0 Å². The summed E-state index contributed by atoms with van der Waals surface area (Å²) in [7, 11) is 0. The van der Waals surface area contributed by atoms with Crippen molar-refractivity contribution in [3.63, 3.8) is 0 Å². The summed E-state index contributed by atoms with van der Waals surface area (Å²) in [5, 5.41) is 12.4. The molecule has 114 valence electrons. The lowest BCUT2D eigenvalue weighted by Gasteiger charge is -2.28. The lowest BCUT2D eigenvalue weighted by Crippen LogP contribution is -2.32. The zero-order valence-electron chi connectivity index (χ0n) is 11.9. The number of aliphatic imine (C=N–C) groups is 1. The number of hydrogen-bond donors (Lipinski definition) is 2. The van der Waals surface area contributed by atoms with Gasteiger partial charge in [0, 0.05) is 19.6 Å². The molecule has 2 aliphatic rings. The van der Waals surface area contributed by atoms with Crippen molar-refractivity contribution in [1.82, 2.24) is 10.2 Å². The van der Waals surface area contributed by atoms with Gasteiger partial charge in [-0.1, -0.05) is 12.1 Å². The van der Waals surface area contributed by atoms with Crippen LogP contribution in [0.15, 0.2) is 29.3 Å². The summed E-state index contributed by atoms with van der Waals surface area (Å²) in [6.45, 7) is 4.11. The maximum absolute atomic E-state index is 9.12. The first kappa shape index (κ1) is 14.5. The van der Waals surface area contributed by atoms with Gasteiger partial charge in [0.25, 0.3) is 0 Å². The fourth-order valence-electron chi connectivity index (χ4n) is 2.41. The SMILES string of the molecule is OCCN1CCNC1=Nc1ccccc1N1CCOCS1. The quantitative estimate of drug-likeness (QED) is 0.810. The van der Waals surface area contributed by atoms with Crippen LogP contribution in [-0.2, 0) is 4.74 Å². The third-order valence-corrected chi connectivity index (χ3v) is 4.40. The molecule has 0 spiro atoms. The van der Waals surface area contributed by atoms with Crippen LogP contribution in [0.4, 0.5) is 11.4 Å². The number of para-hydroxylation sites is 2. The van der Waals surface area contributed by atoms with E-state index in [9.17, 15) is 0 Å². The van der Waals surface area contributed by atoms with E-state index in [1.807, 2.05) is 18.2 Å². The van der Waals surface area contributed by atoms with Gasteiger partial charge in [-0.3, -0.25) is 0 Å². The van der Waals surface area contributed by atoms with Crippen molar-refractivity contribution in [2.75, 3.05) is 49.6 Å². The van der Waals surface area contributed by atoms with Crippen molar-refractivity contribution in [3.05, 3.63) is 24.3 Å². The number of ether oxygens (including phenoxy) is 1. The second-order valence-electron chi connectivity index (χ2n) is 4.82. The molecule has 0 unspecified atom stereocenters. The molecule has 0 amide bonds. The van der Waals surface area contributed by atoms with Gasteiger partial charge in [0.1, 0.15) is 5.94 Å². The van der Waals surface area contributed by atoms with Gasteiger partial charge < -0.3 is 24.4 Å². The van der Waals surface area contributed by atoms with Gasteiger partial charge in [-0.15, -0.1) is 0 Å². The van der Waals surface area contributed by atoms with Crippen LogP contribution in [0.25, 0.3) is 0 Å². The number of rotatable bonds is 4. The van der Waals surface area contributed by atoms with Crippen LogP contribution in [-0.4, -0.2) is 61.3 Å². The second-order valence-corrected chi connectivity index (χ2v) is 5.75. The summed E-state index contributed by atoms with van der Waals surface area (Å²) < 4.78 is 7.61. The van der Waals surface area contributed by atoms with E-state index in [-0.39, 0.29) is 6.61 Å². The molecular weight excluding hydrogens is 288 g/mol. The van der Waals surface area contributed by atoms with Crippen molar-refractivity contribution in [3.8, 4) is 0 Å². The zero-order valence-corrected chi connectivity index (χ0v) is 12.7. The molecule has 7 heteroatoms. The van der Waals surface area contributed by atoms with Crippen LogP contribution in [0.3, 0.4) is 0 Å². The minimum atomic E-state index is 0.141. The molecule has 1 aromatic rings. The Bertz CT molecular complexity index is 506. The van der Waals surface area contributed by atoms with Gasteiger partial charge in [-0.25, -0.2) is 4.99 Å². The van der Waals surface area contributed by atoms with E-state index >= 15 is 0 Å². The van der Waals surface area contributed by atoms with Crippen molar-refractivity contribution < 1.29 is 9.84 Å². The second kappa shape index (κ2) is 7.02. The average molecular weight is 308 g/mol. The Labute approximate surface area is 128 Å². The minimum absolute atomic E-state index is 0.141. The Morgan fingerprint density at radius 3 is 3.05 bits per heavy atom. The summed E-state index contributed by atoms with van der Waals surface area (Å²) >= 11 is 1.67. The number of benzene rings is 1. The maximum atomic E-state index is 9.12. The number of guanidine groups is 1. The monoisotopic (exact) mass is 308 g/mol. The topological polar surface area (TPSA) is 60.3 Å². The molecule has 2 fully saturated rings. The number of hydrogen-bond acceptors (Lipinski definition) is 5. The zero-order chi connectivity index (χ0) is 14.5. The molecule has 2 saturated heterocycles. The van der Waals surface area contributed by atoms with Crippen molar-refractivity contribution >= 4 is 29.3 Å². The fourth-order valence-corrected chi connectivity index (χ4v) is 3.23. The van der Waals surface area contributed by atoms with Gasteiger partial charge in [-0.2, -0.15) is 0 Å². The molecule has 2 heterocycles. The predicted molar refractivity (Wildman–Crippen MR) is 86.0 cm³/mol. The lowest BCUT2D eigenvalue weighted by atomic mass is 10.2. The molecular formula is C14H20N4O2S. The molecule has 0 aliphatic carbocycles. The van der Waals surface area contributed by atoms with Gasteiger partial charge >= 0.3 is 0 Å². The summed E-state index contributed by atoms with van der Waals surface area (Å²) in [5.41, 5.74) is 2.05. The van der Waals surface area contributed by atoms with Gasteiger partial charge in [0.05, 0.1) is 31.1 Å². The van der Waals surface area contributed by atoms with E-state index in [4.69, 9.17) is 14.8 Å². The highest BCUT2D eigenvalue weighted by molar-refractivity contribution is 8.00. The van der Waals surface area contributed by atoms with Crippen LogP contribution in [0, 0.1) is 0 Å². The standard InChI is InChI=1S/C14H20N4O2S/c19-9-7-17-6-5-15-14(17)16-12-3-1-2-4-13(12)18-8-10-20-11-21-18/h1-4,19H,5-11H2,(H,15,16). The molecule has 0 saturated carbocycles. The number of aliphatic hydroxyl groups excluding tert-OH is 1. The van der Waals surface area contributed by atoms with Crippen molar-refractivity contribution in [2.24, 2.45) is 4.99 Å². The summed E-state index contributed by atoms with van der Waals surface area (Å²) in [4.78, 5) is 6.83. The van der Waals surface area contributed by atoms with Gasteiger partial charge in [0.15, 0.2) is 5.96 Å². The summed E-state index contributed by atoms with van der Waals surface area (Å²) in [6, 6.07) is 8.14. The Balaban J connectivity index is 1.84. The fraction of sp³-hybridized carbons (Fsp3) is 0.500. The third-order valence-electron chi connectivity index (χ3n) is 3.44. The molecule has 0 aromatic heterocycles. The number of anilines is 1. The maximum Gasteiger partial charge on any atom is 0.199 e. The molecule has 2 aliphatic heterocycles. The average Bonchev–Trinajstić information content (AvgIpc) is 2.96. The van der Waals surface area contributed by atoms with E-state index in [1.54, 1.807) is 11.9 Å². The smallest absolute Gasteiger partial charge is 0.199 e. The first-order valence-electron chi connectivity index (χ1n) is 7.14. The molecule has 0 bridgehead atoms. The first-order chi connectivity index (χ1) is 10.4. The predicted octanol–water partition coefficient (Wildman–Crippen LogP) is 1.01. The Morgan fingerprint density at radius 2 is 2.24 bits per heavy atom. The minimum Gasteiger partial charge on any atom is -0.395 e. The number of nitrogens with zero attached hydrogens (tertiary/aromatic N) is 3. The van der Waals surface area contributed by atoms with E-state index in [0.717, 1.165) is 43.6 Å². The van der Waals surface area contributed by atoms with Crippen LogP contribution < -0.4 is 9.62 Å². The van der Waals surface area contributed by atoms with Crippen LogP contribution >= 0.6 is 11.9 Å². The van der Waals surface area contributed by atoms with Crippen LogP contribution in [0.2, 0.25) is 0 Å². The molecule has 3 rings (SSSR count). The largest absolute Gasteiger partial charge is 0.395 e. The summed E-state index contributed by atoms with van der Waals surface area (Å²) in [5.74, 6) is 1.52. The van der Waals surface area contributed by atoms with E-state index < -0.39 is 0 Å². The molecule has 0 radical (unpaired) electrons. The Hall–Kier alpha value is -1.44. The molecule has 21 heavy (non-hydrogen) atoms. The summed E-state index contributed by atoms with van der Waals surface area (Å²) in [6.07, 6.45) is 0. The number of nitrogens with one attached hydrogen (secondary N) is 1. The molecule has 0 atom stereocenters. The van der Waals surface area contributed by atoms with E-state index in [1.165, 1.54) is 0 Å². The Kier molecular flexibility index (Phi) is 4.84. The van der Waals surface area contributed by atoms with Gasteiger partial charge in [0.2, 0.25) is 0 Å². The molecule has 2 N–H and O–H groups in total. The van der Waals surface area contributed by atoms with Crippen LogP contribution in [0.1, 0.15) is 0 Å². The van der Waals surface area contributed by atoms with Crippen molar-refractivity contribution in [2.45, 2.75) is 0 Å². The number of aliphatic hydroxyl groups is 1. The Morgan fingerprint density at radius 1 is 1.33 bits per heavy atom. The highest BCUT2D eigenvalue weighted by Gasteiger charge is 2.19. The van der Waals surface area contributed by atoms with Crippen LogP contribution in [0.5, 0.6) is 0 Å². The normalized spacial score (nSPS) is 20.9. The molecule has 1 aromatic carbocycles. The highest BCUT2D eigenvalue weighted by atomic mass is 32.2. The first-order valence-corrected chi connectivity index (χ1v) is 8.08. The van der Waals surface area contributed by atoms with E-state index in [0.29, 0.717) is 12.5 Å². The lowest BCUT2D eigenvalue weighted by molar-refractivity contribution is 0.185. The van der Waals surface area contributed by atoms with Gasteiger partial charge in [-0.05, 0) is 24.1 Å². The highest BCUT2D eigenvalue weighted by Crippen LogP contribution is 2.34. The van der Waals surface area contributed by atoms with E-state index in [2.05, 4.69) is 20.6 Å².